The van der Waals surface area contributed by atoms with Crippen molar-refractivity contribution in [2.75, 3.05) is 0 Å². The molecule has 0 fully saturated rings. The monoisotopic (exact) mass is 534 g/mol. The van der Waals surface area contributed by atoms with Gasteiger partial charge in [-0.2, -0.15) is 0 Å². The maximum Gasteiger partial charge on any atom is 0.0548 e. The van der Waals surface area contributed by atoms with E-state index in [0.29, 0.717) is 0 Å². The molecule has 0 aliphatic heterocycles. The number of benzene rings is 6. The normalized spacial score (nSPS) is 12.0. The molecule has 0 saturated carbocycles. The minimum Gasteiger partial charge on any atom is -0.309 e. The maximum atomic E-state index is 4.07. The SMILES string of the molecule is C=Cc1ccc2cc(-n3c4ccccc4c4c5cc6c7ccccc7c7ccccc7n6c5ccc43)ccc2c1C=C. The van der Waals surface area contributed by atoms with E-state index in [2.05, 4.69) is 143 Å². The number of pyridine rings is 1. The average molecular weight is 535 g/mol. The quantitative estimate of drug-likeness (QED) is 0.199. The summed E-state index contributed by atoms with van der Waals surface area (Å²) in [5.74, 6) is 0. The molecule has 2 nitrogen and oxygen atoms in total. The molecule has 0 aliphatic carbocycles. The van der Waals surface area contributed by atoms with E-state index in [-0.39, 0.29) is 0 Å². The highest BCUT2D eigenvalue weighted by Crippen LogP contribution is 2.41. The van der Waals surface area contributed by atoms with Crippen molar-refractivity contribution >= 4 is 82.8 Å². The lowest BCUT2D eigenvalue weighted by Crippen LogP contribution is -1.95. The third-order valence-electron chi connectivity index (χ3n) is 9.02. The van der Waals surface area contributed by atoms with Gasteiger partial charge in [-0.1, -0.05) is 104 Å². The standard InChI is InChI=1S/C40H26N2/c1-3-25-17-18-26-23-27(19-20-29(26)28(25)4-2)41-36-16-10-8-14-33(36)40-34-24-39-32-13-6-5-11-30(32)31-12-7-9-15-35(31)42(39)37(34)21-22-38(40)41/h3-24H,1-2H2. The highest BCUT2D eigenvalue weighted by atomic mass is 15.0. The van der Waals surface area contributed by atoms with Gasteiger partial charge in [0.05, 0.1) is 27.6 Å². The molecule has 0 spiro atoms. The van der Waals surface area contributed by atoms with Crippen LogP contribution in [0.2, 0.25) is 0 Å². The van der Waals surface area contributed by atoms with Gasteiger partial charge in [0.25, 0.3) is 0 Å². The fourth-order valence-electron chi connectivity index (χ4n) is 7.23. The fraction of sp³-hybridized carbons (Fsp3) is 0. The molecule has 0 amide bonds. The number of nitrogens with zero attached hydrogens (tertiary/aromatic N) is 2. The highest BCUT2D eigenvalue weighted by molar-refractivity contribution is 6.25. The van der Waals surface area contributed by atoms with Crippen molar-refractivity contribution in [3.63, 3.8) is 0 Å². The summed E-state index contributed by atoms with van der Waals surface area (Å²) in [5, 5.41) is 10.0. The van der Waals surface area contributed by atoms with Crippen LogP contribution in [0, 0.1) is 0 Å². The number of hydrogen-bond acceptors (Lipinski definition) is 0. The van der Waals surface area contributed by atoms with Gasteiger partial charge in [0.1, 0.15) is 0 Å². The van der Waals surface area contributed by atoms with Crippen LogP contribution in [0.3, 0.4) is 0 Å². The third-order valence-corrected chi connectivity index (χ3v) is 9.02. The van der Waals surface area contributed by atoms with Gasteiger partial charge in [-0.25, -0.2) is 0 Å². The summed E-state index contributed by atoms with van der Waals surface area (Å²) in [6.07, 6.45) is 3.83. The molecular weight excluding hydrogens is 508 g/mol. The predicted molar refractivity (Wildman–Crippen MR) is 182 cm³/mol. The van der Waals surface area contributed by atoms with Crippen LogP contribution in [0.25, 0.3) is 88.5 Å². The summed E-state index contributed by atoms with van der Waals surface area (Å²) in [5.41, 5.74) is 9.49. The van der Waals surface area contributed by atoms with Crippen LogP contribution in [0.4, 0.5) is 0 Å². The van der Waals surface area contributed by atoms with Gasteiger partial charge in [0, 0.05) is 32.6 Å². The summed E-state index contributed by atoms with van der Waals surface area (Å²) in [6.45, 7) is 8.07. The van der Waals surface area contributed by atoms with E-state index >= 15 is 0 Å². The molecule has 0 radical (unpaired) electrons. The van der Waals surface area contributed by atoms with Gasteiger partial charge in [0.15, 0.2) is 0 Å². The molecule has 6 aromatic carbocycles. The Balaban J connectivity index is 1.43. The van der Waals surface area contributed by atoms with Gasteiger partial charge in [-0.3, -0.25) is 0 Å². The number of para-hydroxylation sites is 2. The van der Waals surface area contributed by atoms with Crippen molar-refractivity contribution in [2.24, 2.45) is 0 Å². The smallest absolute Gasteiger partial charge is 0.0548 e. The minimum absolute atomic E-state index is 1.10. The topological polar surface area (TPSA) is 9.34 Å². The van der Waals surface area contributed by atoms with E-state index < -0.39 is 0 Å². The number of aromatic nitrogens is 2. The van der Waals surface area contributed by atoms with Gasteiger partial charge < -0.3 is 8.97 Å². The maximum absolute atomic E-state index is 4.07. The summed E-state index contributed by atoms with van der Waals surface area (Å²) in [7, 11) is 0. The Bertz CT molecular complexity index is 2610. The first kappa shape index (κ1) is 23.1. The molecule has 3 heterocycles. The second kappa shape index (κ2) is 8.45. The van der Waals surface area contributed by atoms with Crippen LogP contribution < -0.4 is 0 Å². The second-order valence-corrected chi connectivity index (χ2v) is 11.1. The average Bonchev–Trinajstić information content (AvgIpc) is 3.60. The molecule has 196 valence electrons. The summed E-state index contributed by atoms with van der Waals surface area (Å²) < 4.78 is 4.86. The van der Waals surface area contributed by atoms with Crippen molar-refractivity contribution < 1.29 is 0 Å². The Kier molecular flexibility index (Phi) is 4.66. The van der Waals surface area contributed by atoms with Crippen molar-refractivity contribution in [3.05, 3.63) is 146 Å². The first-order valence-corrected chi connectivity index (χ1v) is 14.4. The molecule has 9 rings (SSSR count). The van der Waals surface area contributed by atoms with E-state index in [4.69, 9.17) is 0 Å². The zero-order chi connectivity index (χ0) is 27.9. The molecule has 0 N–H and O–H groups in total. The fourth-order valence-corrected chi connectivity index (χ4v) is 7.23. The summed E-state index contributed by atoms with van der Waals surface area (Å²) in [4.78, 5) is 0. The minimum atomic E-state index is 1.10. The molecule has 2 heteroatoms. The molecule has 0 saturated heterocycles. The van der Waals surface area contributed by atoms with E-state index in [1.54, 1.807) is 0 Å². The van der Waals surface area contributed by atoms with Crippen LogP contribution in [0.1, 0.15) is 11.1 Å². The molecule has 0 aliphatic rings. The second-order valence-electron chi connectivity index (χ2n) is 11.1. The predicted octanol–water partition coefficient (Wildman–Crippen LogP) is 10.9. The van der Waals surface area contributed by atoms with E-state index in [1.165, 1.54) is 70.7 Å². The summed E-state index contributed by atoms with van der Waals surface area (Å²) in [6, 6.07) is 44.4. The van der Waals surface area contributed by atoms with E-state index in [1.807, 2.05) is 12.2 Å². The van der Waals surface area contributed by atoms with Crippen LogP contribution in [-0.4, -0.2) is 8.97 Å². The Labute approximate surface area is 242 Å². The van der Waals surface area contributed by atoms with Gasteiger partial charge in [0.2, 0.25) is 0 Å². The van der Waals surface area contributed by atoms with Crippen LogP contribution in [0.5, 0.6) is 0 Å². The number of hydrogen-bond donors (Lipinski definition) is 0. The Morgan fingerprint density at radius 2 is 1.12 bits per heavy atom. The molecule has 0 bridgehead atoms. The first-order valence-electron chi connectivity index (χ1n) is 14.4. The Hall–Kier alpha value is -5.60. The first-order chi connectivity index (χ1) is 20.8. The largest absolute Gasteiger partial charge is 0.309 e. The Morgan fingerprint density at radius 3 is 1.90 bits per heavy atom. The van der Waals surface area contributed by atoms with Crippen LogP contribution in [0.15, 0.2) is 134 Å². The van der Waals surface area contributed by atoms with Crippen LogP contribution in [-0.2, 0) is 0 Å². The lowest BCUT2D eigenvalue weighted by molar-refractivity contribution is 1.19. The lowest BCUT2D eigenvalue weighted by atomic mass is 9.98. The molecule has 42 heavy (non-hydrogen) atoms. The van der Waals surface area contributed by atoms with E-state index in [9.17, 15) is 0 Å². The van der Waals surface area contributed by atoms with Crippen molar-refractivity contribution in [1.82, 2.24) is 8.97 Å². The molecule has 0 unspecified atom stereocenters. The molecule has 3 aromatic heterocycles. The van der Waals surface area contributed by atoms with Crippen LogP contribution >= 0.6 is 0 Å². The third kappa shape index (κ3) is 2.93. The highest BCUT2D eigenvalue weighted by Gasteiger charge is 2.19. The molecule has 9 aromatic rings. The number of fused-ring (bicyclic) bond motifs is 13. The van der Waals surface area contributed by atoms with E-state index in [0.717, 1.165) is 16.8 Å². The zero-order valence-electron chi connectivity index (χ0n) is 23.0. The molecular formula is C40H26N2. The lowest BCUT2D eigenvalue weighted by Gasteiger charge is -2.12. The Morgan fingerprint density at radius 1 is 0.452 bits per heavy atom. The number of rotatable bonds is 3. The zero-order valence-corrected chi connectivity index (χ0v) is 23.0. The van der Waals surface area contributed by atoms with Gasteiger partial charge >= 0.3 is 0 Å². The summed E-state index contributed by atoms with van der Waals surface area (Å²) >= 11 is 0. The van der Waals surface area contributed by atoms with Crippen molar-refractivity contribution in [2.45, 2.75) is 0 Å². The van der Waals surface area contributed by atoms with Gasteiger partial charge in [-0.05, 0) is 69.8 Å². The van der Waals surface area contributed by atoms with Crippen molar-refractivity contribution in [3.8, 4) is 5.69 Å². The van der Waals surface area contributed by atoms with Gasteiger partial charge in [-0.15, -0.1) is 0 Å². The molecule has 0 atom stereocenters. The van der Waals surface area contributed by atoms with Crippen molar-refractivity contribution in [1.29, 1.82) is 0 Å².